The molecule has 7 saturated heterocycles. The average Bonchev–Trinajstić information content (AvgIpc) is 3.81. The van der Waals surface area contributed by atoms with E-state index in [1.54, 1.807) is 27.9 Å². The van der Waals surface area contributed by atoms with E-state index in [1.807, 2.05) is 0 Å². The van der Waals surface area contributed by atoms with Crippen LogP contribution in [0.4, 0.5) is 4.79 Å². The smallest absolute Gasteiger partial charge is 0.407 e. The average molecular weight is 848 g/mol. The van der Waals surface area contributed by atoms with Crippen molar-refractivity contribution in [2.75, 3.05) is 13.7 Å². The molecule has 8 bridgehead atoms. The fraction of sp³-hybridized carbons (Fsp3) is 0.844. The molecule has 15 nitrogen and oxygen atoms in total. The second-order valence-corrected chi connectivity index (χ2v) is 19.5. The number of amides is 1. The molecule has 0 radical (unpaired) electrons. The number of hydrogen-bond donors (Lipinski definition) is 4. The van der Waals surface area contributed by atoms with E-state index in [1.165, 1.54) is 0 Å². The number of Topliss-reactive ketones (excluding diaryl/α,β-unsaturated/α-hetero) is 2. The Balaban J connectivity index is 1.09. The van der Waals surface area contributed by atoms with Gasteiger partial charge in [-0.2, -0.15) is 0 Å². The maximum absolute atomic E-state index is 14.1. The van der Waals surface area contributed by atoms with Crippen LogP contribution in [0.25, 0.3) is 0 Å². The normalized spacial score (nSPS) is 43.6. The first-order valence-corrected chi connectivity index (χ1v) is 22.3. The molecule has 7 rings (SSSR count). The highest BCUT2D eigenvalue weighted by Crippen LogP contribution is 2.43. The molecule has 7 aliphatic heterocycles. The largest absolute Gasteiger partial charge is 0.444 e. The second-order valence-electron chi connectivity index (χ2n) is 19.5. The molecule has 7 heterocycles. The number of rotatable bonds is 5. The van der Waals surface area contributed by atoms with E-state index in [-0.39, 0.29) is 86.5 Å². The third kappa shape index (κ3) is 10.7. The molecule has 60 heavy (non-hydrogen) atoms. The number of carbonyl (C=O) groups is 3. The minimum absolute atomic E-state index is 0.00451. The summed E-state index contributed by atoms with van der Waals surface area (Å²) in [6.07, 6.45) is -4.81. The summed E-state index contributed by atoms with van der Waals surface area (Å²) in [5.74, 6) is -0.322. The first-order chi connectivity index (χ1) is 28.5. The Kier molecular flexibility index (Phi) is 14.6. The quantitative estimate of drug-likeness (QED) is 0.292. The molecule has 1 amide bonds. The van der Waals surface area contributed by atoms with Crippen LogP contribution in [-0.2, 0) is 47.5 Å². The number of carbonyl (C=O) groups excluding carboxylic acids is 3. The lowest BCUT2D eigenvalue weighted by Crippen LogP contribution is -2.61. The number of aliphatic hydroxyl groups excluding tert-OH is 3. The van der Waals surface area contributed by atoms with E-state index in [2.05, 4.69) is 25.4 Å². The summed E-state index contributed by atoms with van der Waals surface area (Å²) in [6, 6.07) is 0. The lowest BCUT2D eigenvalue weighted by molar-refractivity contribution is -0.259. The van der Waals surface area contributed by atoms with Crippen molar-refractivity contribution < 1.29 is 67.6 Å². The summed E-state index contributed by atoms with van der Waals surface area (Å²) in [4.78, 5) is 39.6. The molecule has 0 saturated carbocycles. The fourth-order valence-corrected chi connectivity index (χ4v) is 10.7. The number of nitrogens with one attached hydrogen (secondary N) is 1. The predicted octanol–water partition coefficient (Wildman–Crippen LogP) is 3.80. The lowest BCUT2D eigenvalue weighted by Gasteiger charge is -2.46. The predicted molar refractivity (Wildman–Crippen MR) is 216 cm³/mol. The molecule has 4 N–H and O–H groups in total. The molecule has 18 atom stereocenters. The van der Waals surface area contributed by atoms with Gasteiger partial charge in [-0.3, -0.25) is 9.59 Å². The number of methoxy groups -OCH3 is 1. The van der Waals surface area contributed by atoms with Gasteiger partial charge in [-0.25, -0.2) is 4.79 Å². The van der Waals surface area contributed by atoms with E-state index in [0.717, 1.165) is 30.4 Å². The molecule has 0 aliphatic carbocycles. The monoisotopic (exact) mass is 847 g/mol. The van der Waals surface area contributed by atoms with E-state index in [4.69, 9.17) is 37.9 Å². The zero-order valence-corrected chi connectivity index (χ0v) is 36.0. The molecule has 0 aromatic heterocycles. The highest BCUT2D eigenvalue weighted by molar-refractivity contribution is 5.79. The van der Waals surface area contributed by atoms with Gasteiger partial charge in [0.1, 0.15) is 47.7 Å². The highest BCUT2D eigenvalue weighted by atomic mass is 16.6. The molecular formula is C45H69NO14. The number of aliphatic hydroxyl groups is 3. The van der Waals surface area contributed by atoms with Gasteiger partial charge < -0.3 is 58.5 Å². The van der Waals surface area contributed by atoms with Crippen LogP contribution in [0.2, 0.25) is 0 Å². The Labute approximate surface area is 354 Å². The number of fused-ring (bicyclic) bond motifs is 7. The van der Waals surface area contributed by atoms with Gasteiger partial charge in [0.2, 0.25) is 0 Å². The summed E-state index contributed by atoms with van der Waals surface area (Å²) in [5.41, 5.74) is 1.28. The fourth-order valence-electron chi connectivity index (χ4n) is 10.7. The van der Waals surface area contributed by atoms with Crippen molar-refractivity contribution in [3.05, 3.63) is 24.3 Å². The van der Waals surface area contributed by atoms with Crippen LogP contribution in [0.1, 0.15) is 111 Å². The van der Waals surface area contributed by atoms with Crippen LogP contribution in [0, 0.1) is 11.8 Å². The molecular weight excluding hydrogens is 778 g/mol. The van der Waals surface area contributed by atoms with Gasteiger partial charge in [0.15, 0.2) is 0 Å². The summed E-state index contributed by atoms with van der Waals surface area (Å²) in [6.45, 7) is 16.1. The summed E-state index contributed by atoms with van der Waals surface area (Å²) in [5, 5.41) is 36.5. The van der Waals surface area contributed by atoms with Crippen molar-refractivity contribution in [2.24, 2.45) is 11.8 Å². The van der Waals surface area contributed by atoms with Gasteiger partial charge in [-0.15, -0.1) is 0 Å². The third-order valence-corrected chi connectivity index (χ3v) is 13.8. The molecule has 13 unspecified atom stereocenters. The van der Waals surface area contributed by atoms with E-state index in [0.29, 0.717) is 32.1 Å². The summed E-state index contributed by atoms with van der Waals surface area (Å²) in [7, 11) is 1.58. The molecule has 0 aromatic rings. The van der Waals surface area contributed by atoms with E-state index in [9.17, 15) is 29.7 Å². The first-order valence-electron chi connectivity index (χ1n) is 22.3. The Morgan fingerprint density at radius 3 is 2.23 bits per heavy atom. The lowest BCUT2D eigenvalue weighted by atomic mass is 9.81. The summed E-state index contributed by atoms with van der Waals surface area (Å²) < 4.78 is 50.1. The molecule has 0 aromatic carbocycles. The highest BCUT2D eigenvalue weighted by Gasteiger charge is 2.57. The molecule has 7 aliphatic rings. The van der Waals surface area contributed by atoms with Crippen LogP contribution >= 0.6 is 0 Å². The van der Waals surface area contributed by atoms with Gasteiger partial charge in [0, 0.05) is 58.1 Å². The number of ketones is 2. The molecule has 0 spiro atoms. The third-order valence-electron chi connectivity index (χ3n) is 13.8. The second kappa shape index (κ2) is 19.2. The minimum Gasteiger partial charge on any atom is -0.444 e. The Morgan fingerprint density at radius 2 is 1.48 bits per heavy atom. The van der Waals surface area contributed by atoms with Crippen molar-refractivity contribution in [3.63, 3.8) is 0 Å². The molecule has 338 valence electrons. The van der Waals surface area contributed by atoms with Crippen molar-refractivity contribution in [1.29, 1.82) is 0 Å². The first kappa shape index (κ1) is 45.7. The van der Waals surface area contributed by atoms with Crippen LogP contribution in [0.3, 0.4) is 0 Å². The van der Waals surface area contributed by atoms with Gasteiger partial charge >= 0.3 is 6.09 Å². The van der Waals surface area contributed by atoms with Crippen LogP contribution in [0.15, 0.2) is 24.3 Å². The Morgan fingerprint density at radius 1 is 0.783 bits per heavy atom. The van der Waals surface area contributed by atoms with Crippen molar-refractivity contribution in [1.82, 2.24) is 5.32 Å². The van der Waals surface area contributed by atoms with Crippen molar-refractivity contribution in [3.8, 4) is 0 Å². The number of hydrogen-bond acceptors (Lipinski definition) is 14. The van der Waals surface area contributed by atoms with Crippen molar-refractivity contribution in [2.45, 2.75) is 214 Å². The SMILES string of the molecule is C=C1C(C)CC2CC[C@@H]3OC(CCC(=O)CC4OC5C(O)[C@H]6OC(CCC6O[C@H]5C4O)CC(=O)CC4C(CC1O2)O[C@H](CC(O)CNC(=O)OC(C)(C)C)[C@@H]4OC)CC3=C. The molecule has 15 heteroatoms. The topological polar surface area (TPSA) is 198 Å². The van der Waals surface area contributed by atoms with Crippen LogP contribution in [-0.4, -0.2) is 150 Å². The Bertz CT molecular complexity index is 1570. The van der Waals surface area contributed by atoms with E-state index < -0.39 is 84.9 Å². The summed E-state index contributed by atoms with van der Waals surface area (Å²) >= 11 is 0. The van der Waals surface area contributed by atoms with Gasteiger partial charge in [0.05, 0.1) is 67.1 Å². The van der Waals surface area contributed by atoms with Crippen molar-refractivity contribution >= 4 is 17.7 Å². The zero-order valence-electron chi connectivity index (χ0n) is 36.0. The standard InChI is InChI=1S/C45H69NO14/c1-22-14-29-10-12-32-23(2)15-28(54-32)9-8-25(47)18-36-38(50)42-43(59-36)39(51)41-33(58-42)13-11-30(56-41)16-26(48)17-31-35(20-34(55-29)24(22)3)57-37(40(31)53-7)19-27(49)21-46-44(52)60-45(4,5)6/h22,27-43,49-51H,2-3,8-21H2,1,4-7H3,(H,46,52)/t22?,27?,28?,29?,30?,31?,32-,33?,34?,35?,36?,37+,38?,39?,40+,41-,42-,43?/m0/s1. The zero-order chi connectivity index (χ0) is 43.0. The van der Waals surface area contributed by atoms with Gasteiger partial charge in [0.25, 0.3) is 0 Å². The van der Waals surface area contributed by atoms with Gasteiger partial charge in [-0.1, -0.05) is 20.1 Å². The van der Waals surface area contributed by atoms with Gasteiger partial charge in [-0.05, 0) is 82.8 Å². The van der Waals surface area contributed by atoms with Crippen LogP contribution in [0.5, 0.6) is 0 Å². The number of ether oxygens (including phenoxy) is 8. The minimum atomic E-state index is -1.12. The Hall–Kier alpha value is -2.31. The maximum atomic E-state index is 14.1. The maximum Gasteiger partial charge on any atom is 0.407 e. The molecule has 7 fully saturated rings. The van der Waals surface area contributed by atoms with Crippen LogP contribution < -0.4 is 5.32 Å². The number of alkyl carbamates (subject to hydrolysis) is 1. The van der Waals surface area contributed by atoms with E-state index >= 15 is 0 Å².